The van der Waals surface area contributed by atoms with E-state index in [1.807, 2.05) is 0 Å². The Kier molecular flexibility index (Phi) is 4.52. The number of hydrogen-bond donors (Lipinski definition) is 2. The molecule has 2 nitrogen and oxygen atoms in total. The minimum Gasteiger partial charge on any atom is -0.505 e. The monoisotopic (exact) mass is 239 g/mol. The minimum atomic E-state index is -0.562. The second-order valence-corrected chi connectivity index (χ2v) is 5.68. The number of halogens is 1. The molecule has 0 radical (unpaired) electrons. The van der Waals surface area contributed by atoms with E-state index in [1.54, 1.807) is 6.07 Å². The topological polar surface area (TPSA) is 32.3 Å². The molecule has 0 aliphatic heterocycles. The smallest absolute Gasteiger partial charge is 0.165 e. The zero-order valence-electron chi connectivity index (χ0n) is 11.0. The Balaban J connectivity index is 2.44. The number of hydrogen-bond acceptors (Lipinski definition) is 2. The summed E-state index contributed by atoms with van der Waals surface area (Å²) < 4.78 is 13.1. The van der Waals surface area contributed by atoms with Gasteiger partial charge in [0, 0.05) is 6.54 Å². The van der Waals surface area contributed by atoms with Crippen LogP contribution < -0.4 is 5.32 Å². The largest absolute Gasteiger partial charge is 0.505 e. The summed E-state index contributed by atoms with van der Waals surface area (Å²) in [6.07, 6.45) is 0. The Bertz CT molecular complexity index is 371. The van der Waals surface area contributed by atoms with Crippen LogP contribution in [-0.4, -0.2) is 11.7 Å². The molecule has 1 unspecified atom stereocenters. The third-order valence-electron chi connectivity index (χ3n) is 3.27. The van der Waals surface area contributed by atoms with E-state index in [-0.39, 0.29) is 11.2 Å². The van der Waals surface area contributed by atoms with Crippen LogP contribution in [0.2, 0.25) is 0 Å². The number of aromatic hydroxyl groups is 1. The van der Waals surface area contributed by atoms with Crippen LogP contribution in [0.3, 0.4) is 0 Å². The fourth-order valence-electron chi connectivity index (χ4n) is 1.40. The highest BCUT2D eigenvalue weighted by Crippen LogP contribution is 2.24. The van der Waals surface area contributed by atoms with Crippen molar-refractivity contribution in [2.24, 2.45) is 11.3 Å². The highest BCUT2D eigenvalue weighted by atomic mass is 19.1. The molecule has 1 rings (SSSR count). The standard InChI is InChI=1S/C14H22FNO/c1-10(14(2,3)4)8-16-9-11-5-6-13(17)12(15)7-11/h5-7,10,16-17H,8-9H2,1-4H3. The van der Waals surface area contributed by atoms with Gasteiger partial charge in [0.05, 0.1) is 0 Å². The second kappa shape index (κ2) is 5.50. The molecule has 1 aromatic rings. The molecule has 0 aliphatic rings. The number of rotatable bonds is 4. The first-order valence-corrected chi connectivity index (χ1v) is 5.99. The van der Waals surface area contributed by atoms with Gasteiger partial charge in [-0.2, -0.15) is 0 Å². The summed E-state index contributed by atoms with van der Waals surface area (Å²) in [6.45, 7) is 10.3. The van der Waals surface area contributed by atoms with Gasteiger partial charge in [0.2, 0.25) is 0 Å². The van der Waals surface area contributed by atoms with Gasteiger partial charge in [-0.3, -0.25) is 0 Å². The fraction of sp³-hybridized carbons (Fsp3) is 0.571. The van der Waals surface area contributed by atoms with Crippen LogP contribution in [0.4, 0.5) is 4.39 Å². The van der Waals surface area contributed by atoms with Gasteiger partial charge >= 0.3 is 0 Å². The summed E-state index contributed by atoms with van der Waals surface area (Å²) >= 11 is 0. The molecule has 0 aromatic heterocycles. The first-order chi connectivity index (χ1) is 7.80. The van der Waals surface area contributed by atoms with E-state index in [9.17, 15) is 4.39 Å². The quantitative estimate of drug-likeness (QED) is 0.845. The second-order valence-electron chi connectivity index (χ2n) is 5.68. The summed E-state index contributed by atoms with van der Waals surface area (Å²) in [5.41, 5.74) is 1.12. The molecule has 96 valence electrons. The number of nitrogens with one attached hydrogen (secondary N) is 1. The third-order valence-corrected chi connectivity index (χ3v) is 3.27. The molecule has 0 bridgehead atoms. The molecule has 0 fully saturated rings. The lowest BCUT2D eigenvalue weighted by Gasteiger charge is -2.27. The maximum absolute atomic E-state index is 13.1. The van der Waals surface area contributed by atoms with Crippen molar-refractivity contribution in [3.63, 3.8) is 0 Å². The number of phenols is 1. The van der Waals surface area contributed by atoms with Crippen LogP contribution in [-0.2, 0) is 6.54 Å². The predicted molar refractivity (Wildman–Crippen MR) is 68.4 cm³/mol. The van der Waals surface area contributed by atoms with Crippen molar-refractivity contribution in [2.75, 3.05) is 6.54 Å². The van der Waals surface area contributed by atoms with Crippen molar-refractivity contribution in [2.45, 2.75) is 34.2 Å². The molecular formula is C14H22FNO. The zero-order chi connectivity index (χ0) is 13.1. The maximum atomic E-state index is 13.1. The Morgan fingerprint density at radius 1 is 1.35 bits per heavy atom. The van der Waals surface area contributed by atoms with Gasteiger partial charge in [-0.1, -0.05) is 33.8 Å². The van der Waals surface area contributed by atoms with Crippen LogP contribution in [0.1, 0.15) is 33.3 Å². The summed E-state index contributed by atoms with van der Waals surface area (Å²) in [5, 5.41) is 12.4. The minimum absolute atomic E-state index is 0.271. The number of benzene rings is 1. The number of phenolic OH excluding ortho intramolecular Hbond substituents is 1. The van der Waals surface area contributed by atoms with Crippen LogP contribution in [0.15, 0.2) is 18.2 Å². The molecule has 0 heterocycles. The lowest BCUT2D eigenvalue weighted by atomic mass is 9.82. The van der Waals surface area contributed by atoms with Crippen LogP contribution >= 0.6 is 0 Å². The van der Waals surface area contributed by atoms with Crippen molar-refractivity contribution in [3.05, 3.63) is 29.6 Å². The van der Waals surface area contributed by atoms with E-state index >= 15 is 0 Å². The third kappa shape index (κ3) is 4.35. The SMILES string of the molecule is CC(CNCc1ccc(O)c(F)c1)C(C)(C)C. The van der Waals surface area contributed by atoms with Gasteiger partial charge in [0.25, 0.3) is 0 Å². The van der Waals surface area contributed by atoms with Gasteiger partial charge in [-0.15, -0.1) is 0 Å². The first-order valence-electron chi connectivity index (χ1n) is 5.99. The average Bonchev–Trinajstić information content (AvgIpc) is 2.22. The molecule has 1 atom stereocenters. The van der Waals surface area contributed by atoms with E-state index in [1.165, 1.54) is 12.1 Å². The Morgan fingerprint density at radius 3 is 2.53 bits per heavy atom. The molecule has 2 N–H and O–H groups in total. The molecule has 0 amide bonds. The Hall–Kier alpha value is -1.09. The maximum Gasteiger partial charge on any atom is 0.165 e. The van der Waals surface area contributed by atoms with Crippen molar-refractivity contribution in [3.8, 4) is 5.75 Å². The molecule has 3 heteroatoms. The lowest BCUT2D eigenvalue weighted by Crippen LogP contribution is -2.29. The van der Waals surface area contributed by atoms with Gasteiger partial charge < -0.3 is 10.4 Å². The van der Waals surface area contributed by atoms with Crippen molar-refractivity contribution >= 4 is 0 Å². The van der Waals surface area contributed by atoms with Crippen molar-refractivity contribution in [1.29, 1.82) is 0 Å². The van der Waals surface area contributed by atoms with Gasteiger partial charge in [-0.05, 0) is 35.6 Å². The Labute approximate surface area is 103 Å². The molecular weight excluding hydrogens is 217 g/mol. The Morgan fingerprint density at radius 2 is 2.00 bits per heavy atom. The van der Waals surface area contributed by atoms with E-state index < -0.39 is 5.82 Å². The van der Waals surface area contributed by atoms with E-state index in [2.05, 4.69) is 33.0 Å². The van der Waals surface area contributed by atoms with Crippen molar-refractivity contribution < 1.29 is 9.50 Å². The molecule has 17 heavy (non-hydrogen) atoms. The molecule has 0 saturated heterocycles. The highest BCUT2D eigenvalue weighted by Gasteiger charge is 2.19. The zero-order valence-corrected chi connectivity index (χ0v) is 11.0. The molecule has 0 saturated carbocycles. The normalized spacial score (nSPS) is 13.7. The van der Waals surface area contributed by atoms with Crippen LogP contribution in [0.25, 0.3) is 0 Å². The summed E-state index contributed by atoms with van der Waals surface area (Å²) in [5.74, 6) is -0.311. The molecule has 0 spiro atoms. The fourth-order valence-corrected chi connectivity index (χ4v) is 1.40. The summed E-state index contributed by atoms with van der Waals surface area (Å²) in [7, 11) is 0. The van der Waals surface area contributed by atoms with E-state index in [4.69, 9.17) is 5.11 Å². The first kappa shape index (κ1) is 14.0. The average molecular weight is 239 g/mol. The van der Waals surface area contributed by atoms with E-state index in [0.717, 1.165) is 12.1 Å². The summed E-state index contributed by atoms with van der Waals surface area (Å²) in [6, 6.07) is 4.48. The predicted octanol–water partition coefficient (Wildman–Crippen LogP) is 3.30. The van der Waals surface area contributed by atoms with Crippen LogP contribution in [0.5, 0.6) is 5.75 Å². The summed E-state index contributed by atoms with van der Waals surface area (Å²) in [4.78, 5) is 0. The molecule has 1 aromatic carbocycles. The molecule has 0 aliphatic carbocycles. The highest BCUT2D eigenvalue weighted by molar-refractivity contribution is 5.27. The van der Waals surface area contributed by atoms with Crippen molar-refractivity contribution in [1.82, 2.24) is 5.32 Å². The van der Waals surface area contributed by atoms with E-state index in [0.29, 0.717) is 12.5 Å². The van der Waals surface area contributed by atoms with Gasteiger partial charge in [-0.25, -0.2) is 4.39 Å². The van der Waals surface area contributed by atoms with Crippen LogP contribution in [0, 0.1) is 17.2 Å². The van der Waals surface area contributed by atoms with Gasteiger partial charge in [0.15, 0.2) is 11.6 Å². The van der Waals surface area contributed by atoms with Gasteiger partial charge in [0.1, 0.15) is 0 Å². The lowest BCUT2D eigenvalue weighted by molar-refractivity contribution is 0.252.